The first-order valence-electron chi connectivity index (χ1n) is 6.14. The van der Waals surface area contributed by atoms with Crippen molar-refractivity contribution in [2.75, 3.05) is 11.5 Å². The fourth-order valence-electron chi connectivity index (χ4n) is 2.84. The standard InChI is InChI=1S/C14H18S2/c1-10-2-4-11(5-3-10)14-12-6-8-15-13(12)7-9-16-14/h2-5,12-14H,6-9H2,1H3. The molecule has 0 aromatic heterocycles. The summed E-state index contributed by atoms with van der Waals surface area (Å²) in [6, 6.07) is 9.22. The van der Waals surface area contributed by atoms with Crippen LogP contribution in [0.5, 0.6) is 0 Å². The fourth-order valence-corrected chi connectivity index (χ4v) is 6.19. The van der Waals surface area contributed by atoms with Gasteiger partial charge in [0.05, 0.1) is 0 Å². The third-order valence-corrected chi connectivity index (χ3v) is 6.69. The Balaban J connectivity index is 1.85. The largest absolute Gasteiger partial charge is 0.158 e. The molecule has 0 saturated carbocycles. The molecule has 3 unspecified atom stereocenters. The Morgan fingerprint density at radius 3 is 2.56 bits per heavy atom. The lowest BCUT2D eigenvalue weighted by atomic mass is 9.91. The van der Waals surface area contributed by atoms with Gasteiger partial charge in [0.15, 0.2) is 0 Å². The molecular weight excluding hydrogens is 232 g/mol. The summed E-state index contributed by atoms with van der Waals surface area (Å²) < 4.78 is 0. The predicted molar refractivity (Wildman–Crippen MR) is 75.3 cm³/mol. The fraction of sp³-hybridized carbons (Fsp3) is 0.571. The highest BCUT2D eigenvalue weighted by molar-refractivity contribution is 8.01. The highest BCUT2D eigenvalue weighted by atomic mass is 32.2. The van der Waals surface area contributed by atoms with E-state index in [1.807, 2.05) is 0 Å². The third-order valence-electron chi connectivity index (χ3n) is 3.76. The van der Waals surface area contributed by atoms with Crippen LogP contribution in [0.15, 0.2) is 24.3 Å². The Morgan fingerprint density at radius 1 is 1.00 bits per heavy atom. The molecular formula is C14H18S2. The van der Waals surface area contributed by atoms with Gasteiger partial charge in [-0.1, -0.05) is 29.8 Å². The van der Waals surface area contributed by atoms with Crippen LogP contribution in [-0.4, -0.2) is 16.8 Å². The lowest BCUT2D eigenvalue weighted by molar-refractivity contribution is 0.480. The summed E-state index contributed by atoms with van der Waals surface area (Å²) in [7, 11) is 0. The van der Waals surface area contributed by atoms with E-state index in [1.165, 1.54) is 29.9 Å². The maximum atomic E-state index is 2.35. The summed E-state index contributed by atoms with van der Waals surface area (Å²) in [4.78, 5) is 0. The molecule has 16 heavy (non-hydrogen) atoms. The molecule has 0 nitrogen and oxygen atoms in total. The van der Waals surface area contributed by atoms with Gasteiger partial charge < -0.3 is 0 Å². The van der Waals surface area contributed by atoms with Gasteiger partial charge in [-0.05, 0) is 42.8 Å². The van der Waals surface area contributed by atoms with Gasteiger partial charge in [-0.15, -0.1) is 0 Å². The van der Waals surface area contributed by atoms with Crippen LogP contribution < -0.4 is 0 Å². The van der Waals surface area contributed by atoms with Gasteiger partial charge in [0.1, 0.15) is 0 Å². The number of aryl methyl sites for hydroxylation is 1. The van der Waals surface area contributed by atoms with E-state index in [0.717, 1.165) is 16.4 Å². The van der Waals surface area contributed by atoms with E-state index in [-0.39, 0.29) is 0 Å². The molecule has 0 N–H and O–H groups in total. The second-order valence-corrected chi connectivity index (χ2v) is 7.45. The van der Waals surface area contributed by atoms with Crippen molar-refractivity contribution < 1.29 is 0 Å². The first-order chi connectivity index (χ1) is 7.84. The quantitative estimate of drug-likeness (QED) is 0.729. The highest BCUT2D eigenvalue weighted by Gasteiger charge is 2.38. The molecule has 1 aromatic carbocycles. The SMILES string of the molecule is Cc1ccc(C2SCCC3SCCC32)cc1. The zero-order valence-corrected chi connectivity index (χ0v) is 11.3. The van der Waals surface area contributed by atoms with Crippen LogP contribution in [0.4, 0.5) is 0 Å². The Morgan fingerprint density at radius 2 is 1.75 bits per heavy atom. The summed E-state index contributed by atoms with van der Waals surface area (Å²) in [6.45, 7) is 2.17. The molecule has 2 saturated heterocycles. The van der Waals surface area contributed by atoms with Crippen LogP contribution >= 0.6 is 23.5 Å². The van der Waals surface area contributed by atoms with Crippen molar-refractivity contribution in [2.45, 2.75) is 30.3 Å². The molecule has 2 heteroatoms. The highest BCUT2D eigenvalue weighted by Crippen LogP contribution is 2.51. The Labute approximate surface area is 107 Å². The summed E-state index contributed by atoms with van der Waals surface area (Å²) in [5.41, 5.74) is 2.94. The van der Waals surface area contributed by atoms with E-state index in [4.69, 9.17) is 0 Å². The molecule has 0 aliphatic carbocycles. The number of hydrogen-bond acceptors (Lipinski definition) is 2. The first-order valence-corrected chi connectivity index (χ1v) is 8.24. The average molecular weight is 250 g/mol. The van der Waals surface area contributed by atoms with E-state index in [0.29, 0.717) is 0 Å². The maximum Gasteiger partial charge on any atom is 0.0336 e. The van der Waals surface area contributed by atoms with E-state index in [2.05, 4.69) is 54.7 Å². The second-order valence-electron chi connectivity index (χ2n) is 4.85. The van der Waals surface area contributed by atoms with Gasteiger partial charge >= 0.3 is 0 Å². The zero-order valence-electron chi connectivity index (χ0n) is 9.69. The van der Waals surface area contributed by atoms with Crippen LogP contribution in [0.1, 0.15) is 29.2 Å². The molecule has 0 radical (unpaired) electrons. The smallest absolute Gasteiger partial charge is 0.0336 e. The van der Waals surface area contributed by atoms with Gasteiger partial charge in [0.2, 0.25) is 0 Å². The topological polar surface area (TPSA) is 0 Å². The lowest BCUT2D eigenvalue weighted by Crippen LogP contribution is -2.24. The van der Waals surface area contributed by atoms with Crippen molar-refractivity contribution in [2.24, 2.45) is 5.92 Å². The number of benzene rings is 1. The Bertz CT molecular complexity index is 358. The number of rotatable bonds is 1. The summed E-state index contributed by atoms with van der Waals surface area (Å²) in [5, 5.41) is 1.72. The molecule has 2 aliphatic rings. The van der Waals surface area contributed by atoms with Crippen LogP contribution in [0, 0.1) is 12.8 Å². The van der Waals surface area contributed by atoms with Crippen LogP contribution in [0.3, 0.4) is 0 Å². The molecule has 2 aliphatic heterocycles. The molecule has 2 fully saturated rings. The average Bonchev–Trinajstić information content (AvgIpc) is 2.78. The third kappa shape index (κ3) is 2.02. The Kier molecular flexibility index (Phi) is 3.21. The number of hydrogen-bond donors (Lipinski definition) is 0. The van der Waals surface area contributed by atoms with Crippen molar-refractivity contribution in [1.29, 1.82) is 0 Å². The maximum absolute atomic E-state index is 2.35. The van der Waals surface area contributed by atoms with E-state index >= 15 is 0 Å². The Hall–Kier alpha value is -0.0800. The molecule has 2 heterocycles. The van der Waals surface area contributed by atoms with E-state index < -0.39 is 0 Å². The van der Waals surface area contributed by atoms with Gasteiger partial charge in [-0.3, -0.25) is 0 Å². The van der Waals surface area contributed by atoms with E-state index in [1.54, 1.807) is 5.56 Å². The van der Waals surface area contributed by atoms with Crippen LogP contribution in [0.2, 0.25) is 0 Å². The van der Waals surface area contributed by atoms with Crippen molar-refractivity contribution in [3.8, 4) is 0 Å². The zero-order chi connectivity index (χ0) is 11.0. The molecule has 86 valence electrons. The van der Waals surface area contributed by atoms with Crippen molar-refractivity contribution in [3.63, 3.8) is 0 Å². The predicted octanol–water partition coefficient (Wildman–Crippen LogP) is 4.29. The lowest BCUT2D eigenvalue weighted by Gasteiger charge is -2.33. The number of thioether (sulfide) groups is 2. The van der Waals surface area contributed by atoms with Gasteiger partial charge in [-0.25, -0.2) is 0 Å². The molecule has 0 bridgehead atoms. The van der Waals surface area contributed by atoms with Crippen LogP contribution in [0.25, 0.3) is 0 Å². The molecule has 1 aromatic rings. The minimum absolute atomic E-state index is 0.773. The van der Waals surface area contributed by atoms with Gasteiger partial charge in [0, 0.05) is 10.5 Å². The normalized spacial score (nSPS) is 33.7. The van der Waals surface area contributed by atoms with Crippen molar-refractivity contribution in [3.05, 3.63) is 35.4 Å². The van der Waals surface area contributed by atoms with Crippen LogP contribution in [-0.2, 0) is 0 Å². The van der Waals surface area contributed by atoms with Crippen molar-refractivity contribution >= 4 is 23.5 Å². The number of fused-ring (bicyclic) bond motifs is 1. The summed E-state index contributed by atoms with van der Waals surface area (Å²) >= 11 is 4.40. The monoisotopic (exact) mass is 250 g/mol. The van der Waals surface area contributed by atoms with Gasteiger partial charge in [0.25, 0.3) is 0 Å². The van der Waals surface area contributed by atoms with E-state index in [9.17, 15) is 0 Å². The summed E-state index contributed by atoms with van der Waals surface area (Å²) in [5.74, 6) is 3.68. The molecule has 3 atom stereocenters. The summed E-state index contributed by atoms with van der Waals surface area (Å²) in [6.07, 6.45) is 2.86. The molecule has 3 rings (SSSR count). The minimum Gasteiger partial charge on any atom is -0.158 e. The van der Waals surface area contributed by atoms with Gasteiger partial charge in [-0.2, -0.15) is 23.5 Å². The second kappa shape index (κ2) is 4.66. The van der Waals surface area contributed by atoms with Crippen molar-refractivity contribution in [1.82, 2.24) is 0 Å². The molecule has 0 spiro atoms. The molecule has 0 amide bonds. The minimum atomic E-state index is 0.773. The first kappa shape index (κ1) is 11.0.